The van der Waals surface area contributed by atoms with E-state index in [1.807, 2.05) is 41.1 Å². The summed E-state index contributed by atoms with van der Waals surface area (Å²) in [5, 5.41) is 7.69. The van der Waals surface area contributed by atoms with E-state index in [1.165, 1.54) is 12.1 Å². The van der Waals surface area contributed by atoms with Gasteiger partial charge in [-0.1, -0.05) is 38.1 Å². The number of hydrogen-bond donors (Lipinski definition) is 1. The summed E-state index contributed by atoms with van der Waals surface area (Å²) in [5.74, 6) is 0.0828. The fourth-order valence-corrected chi connectivity index (χ4v) is 4.79. The van der Waals surface area contributed by atoms with Gasteiger partial charge in [-0.25, -0.2) is 4.68 Å². The number of halogens is 3. The minimum absolute atomic E-state index is 0.0304. The third-order valence-electron chi connectivity index (χ3n) is 6.73. The molecule has 1 aromatic heterocycles. The Labute approximate surface area is 220 Å². The standard InChI is InChI=1S/C29H33F3N4O2/c1-20(2)15-26-18-24(34-36(26)25-9-4-3-5-10-25)19-33-27(37)16-21-11-13-35(14-12-21)28(38)22-7-6-8-23(17-22)29(30,31)32/h3-10,17-18,20-21H,11-16,19H2,1-2H3,(H,33,37). The van der Waals surface area contributed by atoms with Crippen LogP contribution in [0, 0.1) is 11.8 Å². The van der Waals surface area contributed by atoms with Crippen LogP contribution in [0.4, 0.5) is 13.2 Å². The topological polar surface area (TPSA) is 67.2 Å². The molecule has 2 heterocycles. The first-order valence-electron chi connectivity index (χ1n) is 13.0. The maximum atomic E-state index is 13.0. The molecule has 1 saturated heterocycles. The molecule has 1 fully saturated rings. The van der Waals surface area contributed by atoms with Crippen molar-refractivity contribution in [2.75, 3.05) is 13.1 Å². The number of likely N-dealkylation sites (tertiary alicyclic amines) is 1. The van der Waals surface area contributed by atoms with Gasteiger partial charge in [-0.3, -0.25) is 9.59 Å². The molecule has 38 heavy (non-hydrogen) atoms. The Hall–Kier alpha value is -3.62. The molecule has 1 aliphatic rings. The number of para-hydroxylation sites is 1. The van der Waals surface area contributed by atoms with Crippen LogP contribution in [0.25, 0.3) is 5.69 Å². The Kier molecular flexibility index (Phi) is 8.54. The zero-order chi connectivity index (χ0) is 27.3. The number of alkyl halides is 3. The van der Waals surface area contributed by atoms with Crippen molar-refractivity contribution in [2.45, 2.75) is 52.3 Å². The Morgan fingerprint density at radius 2 is 1.74 bits per heavy atom. The predicted octanol–water partition coefficient (Wildman–Crippen LogP) is 5.65. The summed E-state index contributed by atoms with van der Waals surface area (Å²) in [4.78, 5) is 27.0. The smallest absolute Gasteiger partial charge is 0.350 e. The summed E-state index contributed by atoms with van der Waals surface area (Å²) in [7, 11) is 0. The SMILES string of the molecule is CC(C)Cc1cc(CNC(=O)CC2CCN(C(=O)c3cccc(C(F)(F)F)c3)CC2)nn1-c1ccccc1. The summed E-state index contributed by atoms with van der Waals surface area (Å²) in [6.45, 7) is 5.46. The minimum Gasteiger partial charge on any atom is -0.350 e. The predicted molar refractivity (Wildman–Crippen MR) is 139 cm³/mol. The van der Waals surface area contributed by atoms with E-state index >= 15 is 0 Å². The van der Waals surface area contributed by atoms with Crippen molar-refractivity contribution in [3.05, 3.63) is 83.2 Å². The van der Waals surface area contributed by atoms with Crippen LogP contribution in [0.15, 0.2) is 60.7 Å². The lowest BCUT2D eigenvalue weighted by Gasteiger charge is -2.32. The maximum Gasteiger partial charge on any atom is 0.416 e. The highest BCUT2D eigenvalue weighted by Gasteiger charge is 2.32. The number of carbonyl (C=O) groups excluding carboxylic acids is 2. The second-order valence-electron chi connectivity index (χ2n) is 10.3. The fourth-order valence-electron chi connectivity index (χ4n) is 4.79. The van der Waals surface area contributed by atoms with E-state index in [9.17, 15) is 22.8 Å². The highest BCUT2D eigenvalue weighted by molar-refractivity contribution is 5.94. The van der Waals surface area contributed by atoms with Gasteiger partial charge in [0.2, 0.25) is 5.91 Å². The lowest BCUT2D eigenvalue weighted by Crippen LogP contribution is -2.39. The molecule has 1 N–H and O–H groups in total. The number of nitrogens with zero attached hydrogens (tertiary/aromatic N) is 3. The molecule has 0 atom stereocenters. The van der Waals surface area contributed by atoms with E-state index < -0.39 is 17.6 Å². The summed E-state index contributed by atoms with van der Waals surface area (Å²) in [6.07, 6.45) is -2.04. The third-order valence-corrected chi connectivity index (χ3v) is 6.73. The molecular formula is C29H33F3N4O2. The van der Waals surface area contributed by atoms with Crippen LogP contribution in [0.2, 0.25) is 0 Å². The second-order valence-corrected chi connectivity index (χ2v) is 10.3. The summed E-state index contributed by atoms with van der Waals surface area (Å²) >= 11 is 0. The van der Waals surface area contributed by atoms with Gasteiger partial charge in [-0.2, -0.15) is 18.3 Å². The quantitative estimate of drug-likeness (QED) is 0.413. The van der Waals surface area contributed by atoms with Crippen molar-refractivity contribution in [1.29, 1.82) is 0 Å². The van der Waals surface area contributed by atoms with Gasteiger partial charge in [0.05, 0.1) is 23.5 Å². The van der Waals surface area contributed by atoms with E-state index in [4.69, 9.17) is 5.10 Å². The molecule has 0 saturated carbocycles. The van der Waals surface area contributed by atoms with Gasteiger partial charge in [0.25, 0.3) is 5.91 Å². The van der Waals surface area contributed by atoms with Crippen LogP contribution in [-0.2, 0) is 23.9 Å². The number of piperidine rings is 1. The van der Waals surface area contributed by atoms with Crippen molar-refractivity contribution < 1.29 is 22.8 Å². The van der Waals surface area contributed by atoms with E-state index in [0.717, 1.165) is 35.6 Å². The lowest BCUT2D eigenvalue weighted by atomic mass is 9.92. The number of benzene rings is 2. The zero-order valence-corrected chi connectivity index (χ0v) is 21.7. The number of amides is 2. The first-order valence-corrected chi connectivity index (χ1v) is 13.0. The Balaban J connectivity index is 1.28. The van der Waals surface area contributed by atoms with E-state index in [-0.39, 0.29) is 17.4 Å². The highest BCUT2D eigenvalue weighted by atomic mass is 19.4. The average molecular weight is 527 g/mol. The maximum absolute atomic E-state index is 13.0. The molecule has 4 rings (SSSR count). The monoisotopic (exact) mass is 526 g/mol. The van der Waals surface area contributed by atoms with Crippen LogP contribution < -0.4 is 5.32 Å². The van der Waals surface area contributed by atoms with Crippen molar-refractivity contribution >= 4 is 11.8 Å². The second kappa shape index (κ2) is 11.8. The van der Waals surface area contributed by atoms with Crippen LogP contribution >= 0.6 is 0 Å². The average Bonchev–Trinajstić information content (AvgIpc) is 3.29. The largest absolute Gasteiger partial charge is 0.416 e. The molecule has 0 unspecified atom stereocenters. The van der Waals surface area contributed by atoms with Crippen molar-refractivity contribution in [3.63, 3.8) is 0 Å². The molecule has 2 amide bonds. The van der Waals surface area contributed by atoms with Gasteiger partial charge in [0, 0.05) is 30.8 Å². The lowest BCUT2D eigenvalue weighted by molar-refractivity contribution is -0.137. The fraction of sp³-hybridized carbons (Fsp3) is 0.414. The Bertz CT molecular complexity index is 1250. The molecule has 0 bridgehead atoms. The van der Waals surface area contributed by atoms with Crippen LogP contribution in [0.1, 0.15) is 60.4 Å². The number of nitrogens with one attached hydrogen (secondary N) is 1. The number of hydrogen-bond acceptors (Lipinski definition) is 3. The van der Waals surface area contributed by atoms with Crippen LogP contribution in [-0.4, -0.2) is 39.6 Å². The molecule has 3 aromatic rings. The minimum atomic E-state index is -4.49. The van der Waals surface area contributed by atoms with Crippen molar-refractivity contribution in [1.82, 2.24) is 20.0 Å². The molecule has 202 valence electrons. The van der Waals surface area contributed by atoms with E-state index in [1.54, 1.807) is 4.90 Å². The van der Waals surface area contributed by atoms with Crippen LogP contribution in [0.3, 0.4) is 0 Å². The Morgan fingerprint density at radius 3 is 2.39 bits per heavy atom. The number of carbonyl (C=O) groups is 2. The van der Waals surface area contributed by atoms with E-state index in [0.29, 0.717) is 44.8 Å². The molecule has 9 heteroatoms. The van der Waals surface area contributed by atoms with Crippen LogP contribution in [0.5, 0.6) is 0 Å². The van der Waals surface area contributed by atoms with E-state index in [2.05, 4.69) is 19.2 Å². The van der Waals surface area contributed by atoms with Gasteiger partial charge >= 0.3 is 6.18 Å². The van der Waals surface area contributed by atoms with Gasteiger partial charge in [0.1, 0.15) is 0 Å². The normalized spacial score (nSPS) is 14.6. The molecule has 0 spiro atoms. The molecule has 0 aliphatic carbocycles. The van der Waals surface area contributed by atoms with Gasteiger partial charge in [0.15, 0.2) is 0 Å². The zero-order valence-electron chi connectivity index (χ0n) is 21.7. The molecule has 0 radical (unpaired) electrons. The van der Waals surface area contributed by atoms with Gasteiger partial charge in [-0.05, 0) is 67.5 Å². The number of rotatable bonds is 8. The highest BCUT2D eigenvalue weighted by Crippen LogP contribution is 2.30. The van der Waals surface area contributed by atoms with Gasteiger partial charge < -0.3 is 10.2 Å². The molecule has 1 aliphatic heterocycles. The van der Waals surface area contributed by atoms with Crippen molar-refractivity contribution in [3.8, 4) is 5.69 Å². The summed E-state index contributed by atoms with van der Waals surface area (Å²) < 4.78 is 40.9. The third kappa shape index (κ3) is 7.02. The first kappa shape index (κ1) is 27.4. The van der Waals surface area contributed by atoms with Gasteiger partial charge in [-0.15, -0.1) is 0 Å². The molecule has 2 aromatic carbocycles. The molecule has 6 nitrogen and oxygen atoms in total. The Morgan fingerprint density at radius 1 is 1.03 bits per heavy atom. The summed E-state index contributed by atoms with van der Waals surface area (Å²) in [5.41, 5.74) is 2.06. The number of aromatic nitrogens is 2. The first-order chi connectivity index (χ1) is 18.1. The van der Waals surface area contributed by atoms with Crippen molar-refractivity contribution in [2.24, 2.45) is 11.8 Å². The summed E-state index contributed by atoms with van der Waals surface area (Å²) in [6, 6.07) is 16.4. The molecular weight excluding hydrogens is 493 g/mol.